The van der Waals surface area contributed by atoms with Crippen LogP contribution in [0.1, 0.15) is 30.3 Å². The topological polar surface area (TPSA) is 64.8 Å². The van der Waals surface area contributed by atoms with Crippen LogP contribution in [0, 0.1) is 11.8 Å². The van der Waals surface area contributed by atoms with Crippen LogP contribution in [0.4, 0.5) is 0 Å². The fourth-order valence-corrected chi connectivity index (χ4v) is 1.62. The van der Waals surface area contributed by atoms with E-state index in [2.05, 4.69) is 10.2 Å². The first-order chi connectivity index (χ1) is 7.08. The highest BCUT2D eigenvalue weighted by Crippen LogP contribution is 2.39. The van der Waals surface area contributed by atoms with Crippen molar-refractivity contribution in [1.82, 2.24) is 15.0 Å². The third-order valence-corrected chi connectivity index (χ3v) is 2.74. The Hall–Kier alpha value is -1.52. The lowest BCUT2D eigenvalue weighted by Crippen LogP contribution is -2.11. The molecule has 2 rings (SSSR count). The van der Waals surface area contributed by atoms with Gasteiger partial charge in [0.05, 0.1) is 12.6 Å². The first kappa shape index (κ1) is 10.0. The smallest absolute Gasteiger partial charge is 0.192 e. The minimum atomic E-state index is -0.229. The molecule has 0 N–H and O–H groups in total. The van der Waals surface area contributed by atoms with E-state index in [0.717, 1.165) is 6.42 Å². The SMILES string of the molecule is CC1CC1C(=O)CC(=O)c1cnn(C)n1. The number of nitrogens with zero attached hydrogens (tertiary/aromatic N) is 3. The number of carbonyl (C=O) groups is 2. The maximum absolute atomic E-state index is 11.6. The standard InChI is InChI=1S/C10H13N3O2/c1-6-3-7(6)9(14)4-10(15)8-5-11-13(2)12-8/h5-7H,3-4H2,1-2H3. The van der Waals surface area contributed by atoms with Gasteiger partial charge in [0.1, 0.15) is 11.5 Å². The third kappa shape index (κ3) is 2.11. The van der Waals surface area contributed by atoms with Crippen molar-refractivity contribution in [2.45, 2.75) is 19.8 Å². The van der Waals surface area contributed by atoms with Crippen LogP contribution in [-0.4, -0.2) is 26.6 Å². The number of hydrogen-bond acceptors (Lipinski definition) is 4. The van der Waals surface area contributed by atoms with Gasteiger partial charge in [-0.15, -0.1) is 0 Å². The van der Waals surface area contributed by atoms with Crippen LogP contribution in [0.5, 0.6) is 0 Å². The lowest BCUT2D eigenvalue weighted by molar-refractivity contribution is -0.119. The number of ketones is 2. The van der Waals surface area contributed by atoms with Crippen LogP contribution in [-0.2, 0) is 11.8 Å². The van der Waals surface area contributed by atoms with E-state index >= 15 is 0 Å². The van der Waals surface area contributed by atoms with Crippen molar-refractivity contribution in [3.8, 4) is 0 Å². The molecule has 80 valence electrons. The molecule has 2 atom stereocenters. The van der Waals surface area contributed by atoms with Crippen molar-refractivity contribution in [1.29, 1.82) is 0 Å². The molecule has 1 aromatic rings. The number of Topliss-reactive ketones (excluding diaryl/α,β-unsaturated/α-hetero) is 2. The summed E-state index contributed by atoms with van der Waals surface area (Å²) in [4.78, 5) is 24.4. The molecule has 0 radical (unpaired) electrons. The van der Waals surface area contributed by atoms with Crippen molar-refractivity contribution in [2.75, 3.05) is 0 Å². The second kappa shape index (κ2) is 3.56. The summed E-state index contributed by atoms with van der Waals surface area (Å²) >= 11 is 0. The number of hydrogen-bond donors (Lipinski definition) is 0. The van der Waals surface area contributed by atoms with Gasteiger partial charge < -0.3 is 0 Å². The van der Waals surface area contributed by atoms with E-state index in [1.165, 1.54) is 11.0 Å². The Balaban J connectivity index is 1.95. The van der Waals surface area contributed by atoms with Crippen LogP contribution in [0.3, 0.4) is 0 Å². The second-order valence-electron chi connectivity index (χ2n) is 4.10. The summed E-state index contributed by atoms with van der Waals surface area (Å²) in [5, 5.41) is 7.66. The molecule has 0 amide bonds. The number of rotatable bonds is 4. The van der Waals surface area contributed by atoms with Gasteiger partial charge in [-0.3, -0.25) is 9.59 Å². The summed E-state index contributed by atoms with van der Waals surface area (Å²) in [6.07, 6.45) is 2.28. The average molecular weight is 207 g/mol. The summed E-state index contributed by atoms with van der Waals surface area (Å²) in [6, 6.07) is 0. The van der Waals surface area contributed by atoms with Gasteiger partial charge in [0.15, 0.2) is 5.78 Å². The molecule has 1 fully saturated rings. The molecule has 1 heterocycles. The highest BCUT2D eigenvalue weighted by molar-refractivity contribution is 6.08. The molecule has 1 aliphatic carbocycles. The Kier molecular flexibility index (Phi) is 2.38. The Bertz CT molecular complexity index is 411. The molecule has 0 aliphatic heterocycles. The fourth-order valence-electron chi connectivity index (χ4n) is 1.62. The van der Waals surface area contributed by atoms with Crippen LogP contribution in [0.2, 0.25) is 0 Å². The molecule has 1 aromatic heterocycles. The van der Waals surface area contributed by atoms with Crippen LogP contribution < -0.4 is 0 Å². The number of aromatic nitrogens is 3. The van der Waals surface area contributed by atoms with Crippen molar-refractivity contribution in [3.05, 3.63) is 11.9 Å². The van der Waals surface area contributed by atoms with E-state index in [1.54, 1.807) is 7.05 Å². The van der Waals surface area contributed by atoms with Crippen molar-refractivity contribution in [3.63, 3.8) is 0 Å². The van der Waals surface area contributed by atoms with Gasteiger partial charge in [-0.25, -0.2) is 0 Å². The number of aryl methyl sites for hydroxylation is 1. The predicted octanol–water partition coefficient (Wildman–Crippen LogP) is 0.613. The molecule has 5 nitrogen and oxygen atoms in total. The molecule has 1 aliphatic rings. The molecular weight excluding hydrogens is 194 g/mol. The highest BCUT2D eigenvalue weighted by Gasteiger charge is 2.39. The van der Waals surface area contributed by atoms with Crippen molar-refractivity contribution >= 4 is 11.6 Å². The van der Waals surface area contributed by atoms with Crippen molar-refractivity contribution < 1.29 is 9.59 Å². The zero-order valence-corrected chi connectivity index (χ0v) is 8.80. The number of carbonyl (C=O) groups excluding carboxylic acids is 2. The Morgan fingerprint density at radius 3 is 2.73 bits per heavy atom. The van der Waals surface area contributed by atoms with E-state index in [9.17, 15) is 9.59 Å². The molecule has 5 heteroatoms. The predicted molar refractivity (Wildman–Crippen MR) is 52.2 cm³/mol. The van der Waals surface area contributed by atoms with E-state index in [0.29, 0.717) is 5.92 Å². The maximum Gasteiger partial charge on any atom is 0.192 e. The van der Waals surface area contributed by atoms with Crippen LogP contribution in [0.25, 0.3) is 0 Å². The van der Waals surface area contributed by atoms with Gasteiger partial charge in [-0.1, -0.05) is 6.92 Å². The molecular formula is C10H13N3O2. The minimum Gasteiger partial charge on any atom is -0.299 e. The Morgan fingerprint density at radius 2 is 2.27 bits per heavy atom. The van der Waals surface area contributed by atoms with Crippen molar-refractivity contribution in [2.24, 2.45) is 18.9 Å². The molecule has 0 aromatic carbocycles. The summed E-state index contributed by atoms with van der Waals surface area (Å²) in [5.41, 5.74) is 0.277. The summed E-state index contributed by atoms with van der Waals surface area (Å²) < 4.78 is 0. The third-order valence-electron chi connectivity index (χ3n) is 2.74. The van der Waals surface area contributed by atoms with E-state index in [-0.39, 0.29) is 29.6 Å². The molecule has 2 unspecified atom stereocenters. The van der Waals surface area contributed by atoms with Gasteiger partial charge in [-0.2, -0.15) is 15.0 Å². The van der Waals surface area contributed by atoms with E-state index < -0.39 is 0 Å². The minimum absolute atomic E-state index is 0.0340. The van der Waals surface area contributed by atoms with Gasteiger partial charge in [0.25, 0.3) is 0 Å². The van der Waals surface area contributed by atoms with E-state index in [4.69, 9.17) is 0 Å². The summed E-state index contributed by atoms with van der Waals surface area (Å²) in [7, 11) is 1.64. The maximum atomic E-state index is 11.6. The van der Waals surface area contributed by atoms with Gasteiger partial charge in [0, 0.05) is 13.0 Å². The van der Waals surface area contributed by atoms with Gasteiger partial charge >= 0.3 is 0 Å². The molecule has 15 heavy (non-hydrogen) atoms. The molecule has 1 saturated carbocycles. The monoisotopic (exact) mass is 207 g/mol. The van der Waals surface area contributed by atoms with Crippen LogP contribution in [0.15, 0.2) is 6.20 Å². The summed E-state index contributed by atoms with van der Waals surface area (Å²) in [6.45, 7) is 2.02. The highest BCUT2D eigenvalue weighted by atomic mass is 16.1. The quantitative estimate of drug-likeness (QED) is 0.536. The molecule has 0 bridgehead atoms. The zero-order chi connectivity index (χ0) is 11.0. The first-order valence-electron chi connectivity index (χ1n) is 5.00. The van der Waals surface area contributed by atoms with Gasteiger partial charge in [-0.05, 0) is 12.3 Å². The zero-order valence-electron chi connectivity index (χ0n) is 8.80. The lowest BCUT2D eigenvalue weighted by Gasteiger charge is -1.95. The van der Waals surface area contributed by atoms with Gasteiger partial charge in [0.2, 0.25) is 0 Å². The Morgan fingerprint density at radius 1 is 1.60 bits per heavy atom. The summed E-state index contributed by atoms with van der Waals surface area (Å²) in [5.74, 6) is 0.364. The fraction of sp³-hybridized carbons (Fsp3) is 0.600. The Labute approximate surface area is 87.5 Å². The first-order valence-corrected chi connectivity index (χ1v) is 5.00. The van der Waals surface area contributed by atoms with E-state index in [1.807, 2.05) is 6.92 Å². The average Bonchev–Trinajstić information content (AvgIpc) is 2.73. The second-order valence-corrected chi connectivity index (χ2v) is 4.10. The largest absolute Gasteiger partial charge is 0.299 e. The lowest BCUT2D eigenvalue weighted by atomic mass is 10.1. The molecule has 0 saturated heterocycles. The normalized spacial score (nSPS) is 23.9. The van der Waals surface area contributed by atoms with Crippen LogP contribution >= 0.6 is 0 Å². The molecule has 0 spiro atoms.